The minimum absolute atomic E-state index is 0.110. The van der Waals surface area contributed by atoms with Crippen LogP contribution in [0.1, 0.15) is 23.7 Å². The second-order valence-electron chi connectivity index (χ2n) is 7.10. The third-order valence-electron chi connectivity index (χ3n) is 4.95. The van der Waals surface area contributed by atoms with E-state index in [0.29, 0.717) is 5.65 Å². The van der Waals surface area contributed by atoms with Crippen LogP contribution in [0.15, 0.2) is 47.4 Å². The zero-order valence-electron chi connectivity index (χ0n) is 15.6. The molecule has 1 N–H and O–H groups in total. The molecule has 1 aliphatic rings. The third kappa shape index (κ3) is 3.04. The summed E-state index contributed by atoms with van der Waals surface area (Å²) >= 11 is 0. The fraction of sp³-hybridized carbons (Fsp3) is 0.200. The number of carbonyl (C=O) groups is 2. The zero-order chi connectivity index (χ0) is 20.9. The largest absolute Gasteiger partial charge is 0.325 e. The van der Waals surface area contributed by atoms with E-state index in [1.54, 1.807) is 18.3 Å². The first-order chi connectivity index (χ1) is 13.7. The fourth-order valence-electron chi connectivity index (χ4n) is 3.34. The van der Waals surface area contributed by atoms with Gasteiger partial charge in [-0.1, -0.05) is 12.1 Å². The summed E-state index contributed by atoms with van der Waals surface area (Å²) in [6, 6.07) is 7.00. The van der Waals surface area contributed by atoms with Gasteiger partial charge in [0.15, 0.2) is 11.6 Å². The summed E-state index contributed by atoms with van der Waals surface area (Å²) in [6.07, 6.45) is 1.64. The minimum Gasteiger partial charge on any atom is -0.319 e. The van der Waals surface area contributed by atoms with E-state index in [2.05, 4.69) is 10.3 Å². The predicted octanol–water partition coefficient (Wildman–Crippen LogP) is 2.25. The first-order valence-electron chi connectivity index (χ1n) is 8.77. The maximum atomic E-state index is 13.6. The standard InChI is InChI=1S/C20H16F2N4O3/c1-11-3-6-16-23-13(8-17(27)25(16)9-11)10-26-18(28)20(2,24-19(26)29)12-4-5-14(21)15(22)7-12/h3-9H,10H2,1-2H3,(H,24,29). The Morgan fingerprint density at radius 2 is 1.83 bits per heavy atom. The first-order valence-corrected chi connectivity index (χ1v) is 8.77. The van der Waals surface area contributed by atoms with Gasteiger partial charge in [0.05, 0.1) is 12.2 Å². The van der Waals surface area contributed by atoms with E-state index in [1.807, 2.05) is 6.92 Å². The van der Waals surface area contributed by atoms with Gasteiger partial charge in [0, 0.05) is 12.3 Å². The normalized spacial score (nSPS) is 19.1. The molecule has 2 aromatic heterocycles. The average Bonchev–Trinajstić information content (AvgIpc) is 2.88. The van der Waals surface area contributed by atoms with Gasteiger partial charge in [0.25, 0.3) is 11.5 Å². The highest BCUT2D eigenvalue weighted by Crippen LogP contribution is 2.30. The second kappa shape index (κ2) is 6.47. The van der Waals surface area contributed by atoms with Crippen molar-refractivity contribution in [2.45, 2.75) is 25.9 Å². The number of benzene rings is 1. The summed E-state index contributed by atoms with van der Waals surface area (Å²) in [5.74, 6) is -2.83. The van der Waals surface area contributed by atoms with Crippen molar-refractivity contribution in [3.63, 3.8) is 0 Å². The molecule has 0 saturated carbocycles. The third-order valence-corrected chi connectivity index (χ3v) is 4.95. The number of aromatic nitrogens is 2. The lowest BCUT2D eigenvalue weighted by Crippen LogP contribution is -2.41. The molecule has 7 nitrogen and oxygen atoms in total. The molecule has 0 radical (unpaired) electrons. The van der Waals surface area contributed by atoms with Crippen LogP contribution >= 0.6 is 0 Å². The van der Waals surface area contributed by atoms with Gasteiger partial charge in [-0.25, -0.2) is 18.6 Å². The number of hydrogen-bond acceptors (Lipinski definition) is 4. The Bertz CT molecular complexity index is 1240. The molecule has 1 unspecified atom stereocenters. The Morgan fingerprint density at radius 3 is 2.55 bits per heavy atom. The Labute approximate surface area is 163 Å². The SMILES string of the molecule is Cc1ccc2nc(CN3C(=O)NC(C)(c4ccc(F)c(F)c4)C3=O)cc(=O)n2c1. The molecule has 1 fully saturated rings. The molecule has 0 spiro atoms. The molecule has 1 atom stereocenters. The summed E-state index contributed by atoms with van der Waals surface area (Å²) in [6.45, 7) is 3.01. The van der Waals surface area contributed by atoms with Crippen molar-refractivity contribution < 1.29 is 18.4 Å². The molecular formula is C20H16F2N4O3. The number of hydrogen-bond donors (Lipinski definition) is 1. The highest BCUT2D eigenvalue weighted by Gasteiger charge is 2.49. The predicted molar refractivity (Wildman–Crippen MR) is 99.0 cm³/mol. The van der Waals surface area contributed by atoms with Crippen LogP contribution in [0.4, 0.5) is 13.6 Å². The maximum Gasteiger partial charge on any atom is 0.325 e. The summed E-state index contributed by atoms with van der Waals surface area (Å²) in [7, 11) is 0. The molecule has 3 amide bonds. The Balaban J connectivity index is 1.68. The van der Waals surface area contributed by atoms with Crippen molar-refractivity contribution in [3.8, 4) is 0 Å². The number of amides is 3. The van der Waals surface area contributed by atoms with Gasteiger partial charge in [0.1, 0.15) is 11.2 Å². The number of pyridine rings is 1. The van der Waals surface area contributed by atoms with Gasteiger partial charge in [-0.2, -0.15) is 0 Å². The highest BCUT2D eigenvalue weighted by atomic mass is 19.2. The molecule has 0 aliphatic carbocycles. The van der Waals surface area contributed by atoms with Gasteiger partial charge < -0.3 is 5.32 Å². The van der Waals surface area contributed by atoms with Gasteiger partial charge in [-0.3, -0.25) is 18.9 Å². The number of rotatable bonds is 3. The van der Waals surface area contributed by atoms with Crippen LogP contribution in [-0.2, 0) is 16.9 Å². The van der Waals surface area contributed by atoms with Crippen molar-refractivity contribution in [1.29, 1.82) is 0 Å². The van der Waals surface area contributed by atoms with Gasteiger partial charge in [-0.15, -0.1) is 0 Å². The molecule has 4 rings (SSSR count). The first kappa shape index (κ1) is 18.7. The smallest absolute Gasteiger partial charge is 0.319 e. The topological polar surface area (TPSA) is 83.8 Å². The Kier molecular flexibility index (Phi) is 4.18. The summed E-state index contributed by atoms with van der Waals surface area (Å²) in [5, 5.41) is 2.51. The number of nitrogens with zero attached hydrogens (tertiary/aromatic N) is 3. The van der Waals surface area contributed by atoms with Crippen molar-refractivity contribution in [3.05, 3.63) is 81.4 Å². The molecule has 3 heterocycles. The van der Waals surface area contributed by atoms with E-state index in [9.17, 15) is 23.2 Å². The number of urea groups is 1. The number of imide groups is 1. The molecule has 1 aliphatic heterocycles. The van der Waals surface area contributed by atoms with Crippen LogP contribution in [-0.4, -0.2) is 26.2 Å². The lowest BCUT2D eigenvalue weighted by molar-refractivity contribution is -0.131. The van der Waals surface area contributed by atoms with Crippen molar-refractivity contribution in [2.75, 3.05) is 0 Å². The van der Waals surface area contributed by atoms with Gasteiger partial charge in [-0.05, 0) is 43.2 Å². The van der Waals surface area contributed by atoms with E-state index >= 15 is 0 Å². The van der Waals surface area contributed by atoms with Gasteiger partial charge in [0.2, 0.25) is 0 Å². The van der Waals surface area contributed by atoms with E-state index in [1.165, 1.54) is 23.5 Å². The molecular weight excluding hydrogens is 382 g/mol. The fourth-order valence-corrected chi connectivity index (χ4v) is 3.34. The van der Waals surface area contributed by atoms with Crippen LogP contribution in [0.3, 0.4) is 0 Å². The molecule has 1 saturated heterocycles. The molecule has 1 aromatic carbocycles. The number of carbonyl (C=O) groups excluding carboxylic acids is 2. The van der Waals surface area contributed by atoms with Crippen molar-refractivity contribution in [1.82, 2.24) is 19.6 Å². The highest BCUT2D eigenvalue weighted by molar-refractivity contribution is 6.07. The minimum atomic E-state index is -1.56. The van der Waals surface area contributed by atoms with E-state index in [0.717, 1.165) is 22.6 Å². The summed E-state index contributed by atoms with van der Waals surface area (Å²) < 4.78 is 28.2. The molecule has 148 valence electrons. The van der Waals surface area contributed by atoms with Gasteiger partial charge >= 0.3 is 6.03 Å². The molecule has 9 heteroatoms. The molecule has 3 aromatic rings. The van der Waals surface area contributed by atoms with Crippen LogP contribution in [0.2, 0.25) is 0 Å². The lowest BCUT2D eigenvalue weighted by atomic mass is 9.92. The zero-order valence-corrected chi connectivity index (χ0v) is 15.6. The van der Waals surface area contributed by atoms with Crippen LogP contribution < -0.4 is 10.9 Å². The van der Waals surface area contributed by atoms with Crippen LogP contribution in [0.5, 0.6) is 0 Å². The number of halogens is 2. The van der Waals surface area contributed by atoms with Crippen molar-refractivity contribution in [2.24, 2.45) is 0 Å². The Hall–Kier alpha value is -3.62. The number of nitrogens with one attached hydrogen (secondary N) is 1. The van der Waals surface area contributed by atoms with E-state index in [-0.39, 0.29) is 23.4 Å². The average molecular weight is 398 g/mol. The van der Waals surface area contributed by atoms with Crippen molar-refractivity contribution >= 4 is 17.6 Å². The van der Waals surface area contributed by atoms with E-state index < -0.39 is 29.1 Å². The van der Waals surface area contributed by atoms with Crippen LogP contribution in [0.25, 0.3) is 5.65 Å². The number of fused-ring (bicyclic) bond motifs is 1. The molecule has 0 bridgehead atoms. The number of aryl methyl sites for hydroxylation is 1. The Morgan fingerprint density at radius 1 is 1.07 bits per heavy atom. The summed E-state index contributed by atoms with van der Waals surface area (Å²) in [4.78, 5) is 43.0. The second-order valence-corrected chi connectivity index (χ2v) is 7.10. The van der Waals surface area contributed by atoms with E-state index in [4.69, 9.17) is 0 Å². The quantitative estimate of drug-likeness (QED) is 0.686. The summed E-state index contributed by atoms with van der Waals surface area (Å²) in [5.41, 5.74) is -0.298. The lowest BCUT2D eigenvalue weighted by Gasteiger charge is -2.22. The monoisotopic (exact) mass is 398 g/mol. The van der Waals surface area contributed by atoms with Crippen LogP contribution in [0, 0.1) is 18.6 Å². The molecule has 29 heavy (non-hydrogen) atoms. The maximum absolute atomic E-state index is 13.6.